The van der Waals surface area contributed by atoms with Gasteiger partial charge in [-0.3, -0.25) is 9.48 Å². The second-order valence-corrected chi connectivity index (χ2v) is 5.14. The summed E-state index contributed by atoms with van der Waals surface area (Å²) < 4.78 is 7.25. The summed E-state index contributed by atoms with van der Waals surface area (Å²) >= 11 is 0. The van der Waals surface area contributed by atoms with Gasteiger partial charge in [0.15, 0.2) is 5.78 Å². The third kappa shape index (κ3) is 5.32. The van der Waals surface area contributed by atoms with Crippen LogP contribution >= 0.6 is 0 Å². The number of hydrogen-bond donors (Lipinski definition) is 1. The van der Waals surface area contributed by atoms with E-state index < -0.39 is 6.61 Å². The molecule has 0 saturated carbocycles. The molecule has 2 aromatic heterocycles. The van der Waals surface area contributed by atoms with Crippen molar-refractivity contribution in [2.24, 2.45) is 0 Å². The summed E-state index contributed by atoms with van der Waals surface area (Å²) in [5.41, 5.74) is 0.822. The molecule has 0 amide bonds. The van der Waals surface area contributed by atoms with Crippen molar-refractivity contribution in [3.8, 4) is 5.75 Å². The first-order valence-electron chi connectivity index (χ1n) is 7.56. The largest absolute Gasteiger partial charge is 0.494 e. The predicted octanol–water partition coefficient (Wildman–Crippen LogP) is 2.07. The average molecular weight is 414 g/mol. The molecule has 3 aromatic rings. The van der Waals surface area contributed by atoms with Crippen molar-refractivity contribution < 1.29 is 47.3 Å². The van der Waals surface area contributed by atoms with Gasteiger partial charge >= 0.3 is 0 Å². The van der Waals surface area contributed by atoms with E-state index in [2.05, 4.69) is 15.4 Å². The van der Waals surface area contributed by atoms with Crippen LogP contribution in [0.3, 0.4) is 0 Å². The van der Waals surface area contributed by atoms with Gasteiger partial charge in [-0.1, -0.05) is 30.2 Å². The quantitative estimate of drug-likeness (QED) is 0.570. The minimum Gasteiger partial charge on any atom is -0.494 e. The molecule has 7 nitrogen and oxygen atoms in total. The molecule has 8 heteroatoms. The molecule has 0 aliphatic rings. The first-order chi connectivity index (χ1) is 11.8. The summed E-state index contributed by atoms with van der Waals surface area (Å²) in [5, 5.41) is 18.2. The van der Waals surface area contributed by atoms with Gasteiger partial charge in [0.2, 0.25) is 0 Å². The van der Waals surface area contributed by atoms with Crippen LogP contribution in [0.25, 0.3) is 16.2 Å². The van der Waals surface area contributed by atoms with Crippen molar-refractivity contribution in [3.63, 3.8) is 0 Å². The van der Waals surface area contributed by atoms with Gasteiger partial charge in [0.05, 0.1) is 18.3 Å². The van der Waals surface area contributed by atoms with Crippen molar-refractivity contribution in [1.29, 1.82) is 0 Å². The Balaban J connectivity index is 0.00000225. The van der Waals surface area contributed by atoms with Gasteiger partial charge in [0.25, 0.3) is 0 Å². The van der Waals surface area contributed by atoms with Gasteiger partial charge < -0.3 is 20.1 Å². The molecule has 0 aliphatic carbocycles. The molecule has 25 heavy (non-hydrogen) atoms. The maximum Gasteiger partial charge on any atom is 0.179 e. The fraction of sp³-hybridized carbons (Fsp3) is 0.235. The molecular weight excluding hydrogens is 397 g/mol. The van der Waals surface area contributed by atoms with Crippen molar-refractivity contribution in [2.45, 2.75) is 6.54 Å². The zero-order valence-corrected chi connectivity index (χ0v) is 16.4. The van der Waals surface area contributed by atoms with Gasteiger partial charge in [0.1, 0.15) is 18.9 Å². The standard InChI is InChI=1S/C17H17N4O3.Y/c22-12-14(23)11-21-16-5-4-15(9-13(16)10-20-21)24-8-7-19-17-3-1-2-6-18-17;/h1-6,9-10,22H,7-8,11-12H2;/q-1;. The molecule has 0 aliphatic heterocycles. The Bertz CT molecular complexity index is 823. The number of ether oxygens (including phenoxy) is 1. The van der Waals surface area contributed by atoms with Crippen molar-refractivity contribution in [2.75, 3.05) is 19.8 Å². The Morgan fingerprint density at radius 3 is 2.92 bits per heavy atom. The molecule has 127 valence electrons. The van der Waals surface area contributed by atoms with E-state index in [1.54, 1.807) is 17.1 Å². The number of Topliss-reactive ketones (excluding diaryl/α,β-unsaturated/α-hetero) is 1. The minimum atomic E-state index is -0.484. The maximum absolute atomic E-state index is 11.3. The molecule has 0 bridgehead atoms. The van der Waals surface area contributed by atoms with E-state index in [1.165, 1.54) is 0 Å². The Morgan fingerprint density at radius 2 is 2.16 bits per heavy atom. The number of pyridine rings is 1. The topological polar surface area (TPSA) is 91.3 Å². The SMILES string of the molecule is O=C(CO)Cn1ncc2cc(OCC[N-]c3ccccn3)ccc21.[Y]. The second-order valence-electron chi connectivity index (χ2n) is 5.14. The van der Waals surface area contributed by atoms with Crippen LogP contribution in [0.2, 0.25) is 0 Å². The fourth-order valence-corrected chi connectivity index (χ4v) is 2.27. The van der Waals surface area contributed by atoms with Crippen LogP contribution in [0, 0.1) is 0 Å². The number of benzene rings is 1. The van der Waals surface area contributed by atoms with Crippen LogP contribution in [0.4, 0.5) is 5.82 Å². The van der Waals surface area contributed by atoms with Crippen LogP contribution in [0.1, 0.15) is 0 Å². The van der Waals surface area contributed by atoms with E-state index in [4.69, 9.17) is 9.84 Å². The number of hydrogen-bond acceptors (Lipinski definition) is 5. The van der Waals surface area contributed by atoms with Crippen LogP contribution in [-0.4, -0.2) is 45.4 Å². The third-order valence-corrected chi connectivity index (χ3v) is 3.40. The molecule has 1 aromatic carbocycles. The van der Waals surface area contributed by atoms with Gasteiger partial charge in [0, 0.05) is 38.1 Å². The molecular formula is C17H17N4O3Y-. The molecule has 0 saturated heterocycles. The summed E-state index contributed by atoms with van der Waals surface area (Å²) in [6.45, 7) is 0.532. The number of carbonyl (C=O) groups is 1. The molecule has 0 fully saturated rings. The number of aliphatic hydroxyl groups is 1. The number of rotatable bonds is 8. The van der Waals surface area contributed by atoms with E-state index in [-0.39, 0.29) is 45.0 Å². The number of aromatic nitrogens is 3. The van der Waals surface area contributed by atoms with E-state index in [1.807, 2.05) is 36.4 Å². The Kier molecular flexibility index (Phi) is 7.49. The van der Waals surface area contributed by atoms with Gasteiger partial charge in [-0.15, -0.1) is 0 Å². The normalized spacial score (nSPS) is 10.3. The summed E-state index contributed by atoms with van der Waals surface area (Å²) in [6.07, 6.45) is 3.37. The summed E-state index contributed by atoms with van der Waals surface area (Å²) in [5.74, 6) is 1.12. The summed E-state index contributed by atoms with van der Waals surface area (Å²) in [6, 6.07) is 11.1. The van der Waals surface area contributed by atoms with E-state index in [0.717, 1.165) is 10.9 Å². The predicted molar refractivity (Wildman–Crippen MR) is 89.4 cm³/mol. The van der Waals surface area contributed by atoms with Crippen LogP contribution in [-0.2, 0) is 44.0 Å². The Labute approximate surface area is 170 Å². The third-order valence-electron chi connectivity index (χ3n) is 3.40. The smallest absolute Gasteiger partial charge is 0.179 e. The van der Waals surface area contributed by atoms with Crippen molar-refractivity contribution >= 4 is 22.5 Å². The summed E-state index contributed by atoms with van der Waals surface area (Å²) in [7, 11) is 0. The van der Waals surface area contributed by atoms with Gasteiger partial charge in [-0.2, -0.15) is 5.10 Å². The zero-order valence-electron chi connectivity index (χ0n) is 13.6. The van der Waals surface area contributed by atoms with E-state index in [9.17, 15) is 4.79 Å². The molecule has 2 heterocycles. The Hall–Kier alpha value is -1.83. The average Bonchev–Trinajstić information content (AvgIpc) is 3.01. The maximum atomic E-state index is 11.3. The zero-order chi connectivity index (χ0) is 16.8. The van der Waals surface area contributed by atoms with Crippen LogP contribution in [0.5, 0.6) is 5.75 Å². The van der Waals surface area contributed by atoms with Crippen molar-refractivity contribution in [1.82, 2.24) is 14.8 Å². The number of nitrogens with zero attached hydrogens (tertiary/aromatic N) is 4. The van der Waals surface area contributed by atoms with E-state index >= 15 is 0 Å². The number of fused-ring (bicyclic) bond motifs is 1. The monoisotopic (exact) mass is 414 g/mol. The first kappa shape index (κ1) is 19.5. The van der Waals surface area contributed by atoms with Crippen molar-refractivity contribution in [3.05, 3.63) is 54.1 Å². The first-order valence-corrected chi connectivity index (χ1v) is 7.56. The second kappa shape index (κ2) is 9.60. The summed E-state index contributed by atoms with van der Waals surface area (Å²) in [4.78, 5) is 15.4. The minimum absolute atomic E-state index is 0. The number of ketones is 1. The van der Waals surface area contributed by atoms with Gasteiger partial charge in [-0.25, -0.2) is 0 Å². The van der Waals surface area contributed by atoms with E-state index in [0.29, 0.717) is 24.7 Å². The number of carbonyl (C=O) groups excluding carboxylic acids is 1. The molecule has 1 radical (unpaired) electrons. The number of aliphatic hydroxyl groups excluding tert-OH is 1. The van der Waals surface area contributed by atoms with Crippen LogP contribution in [0.15, 0.2) is 48.8 Å². The fourth-order valence-electron chi connectivity index (χ4n) is 2.27. The molecule has 0 atom stereocenters. The Morgan fingerprint density at radius 1 is 1.28 bits per heavy atom. The molecule has 0 unspecified atom stereocenters. The van der Waals surface area contributed by atoms with Crippen LogP contribution < -0.4 is 4.74 Å². The molecule has 0 spiro atoms. The molecule has 1 N–H and O–H groups in total. The van der Waals surface area contributed by atoms with Gasteiger partial charge in [-0.05, 0) is 24.7 Å². The molecule has 3 rings (SSSR count).